The Morgan fingerprint density at radius 2 is 2.00 bits per heavy atom. The standard InChI is InChI=1S/C28H37ClN2O2/c1-27-15-6-8-20(27)19-11-12-23-28(2,16-14-25(33)31(23)3)26(19)22(17-27)30-24(32)13-10-18-7-4-5-9-21(18)29/h4-5,7,9,14,16,19-20,22-23,26H,6,8,10-13,15,17H2,1-3H3,(H,30,32)/t19-,20-,22?,23?,26-,27-,28-/m0/s1. The maximum Gasteiger partial charge on any atom is 0.246 e. The average Bonchev–Trinajstić information content (AvgIpc) is 3.17. The fraction of sp³-hybridized carbons (Fsp3) is 0.643. The highest BCUT2D eigenvalue weighted by atomic mass is 35.5. The van der Waals surface area contributed by atoms with Gasteiger partial charge < -0.3 is 10.2 Å². The maximum absolute atomic E-state index is 13.2. The SMILES string of the molecule is CN1C(=O)C=C[C@@]2(C)C1CC[C@@H]1[C@H]2C(NC(=O)CCc2ccccc2Cl)C[C@]2(C)CCC[C@@H]12. The topological polar surface area (TPSA) is 49.4 Å². The van der Waals surface area contributed by atoms with Crippen molar-refractivity contribution in [2.75, 3.05) is 7.05 Å². The van der Waals surface area contributed by atoms with Gasteiger partial charge in [0.1, 0.15) is 0 Å². The minimum absolute atomic E-state index is 0.101. The van der Waals surface area contributed by atoms with E-state index >= 15 is 0 Å². The maximum atomic E-state index is 13.2. The number of amides is 2. The molecule has 0 bridgehead atoms. The molecule has 3 fully saturated rings. The first kappa shape index (κ1) is 23.0. The Hall–Kier alpha value is -1.81. The molecule has 0 radical (unpaired) electrons. The van der Waals surface area contributed by atoms with Crippen molar-refractivity contribution in [3.05, 3.63) is 47.0 Å². The highest BCUT2D eigenvalue weighted by molar-refractivity contribution is 6.31. The van der Waals surface area contributed by atoms with E-state index in [0.29, 0.717) is 30.1 Å². The monoisotopic (exact) mass is 468 g/mol. The molecule has 1 N–H and O–H groups in total. The van der Waals surface area contributed by atoms with E-state index in [-0.39, 0.29) is 29.3 Å². The number of hydrogen-bond acceptors (Lipinski definition) is 2. The Morgan fingerprint density at radius 1 is 1.21 bits per heavy atom. The number of hydrogen-bond donors (Lipinski definition) is 1. The quantitative estimate of drug-likeness (QED) is 0.643. The van der Waals surface area contributed by atoms with Gasteiger partial charge in [-0.3, -0.25) is 9.59 Å². The molecule has 1 heterocycles. The Morgan fingerprint density at radius 3 is 2.79 bits per heavy atom. The Labute approximate surface area is 203 Å². The van der Waals surface area contributed by atoms with E-state index in [1.54, 1.807) is 6.08 Å². The summed E-state index contributed by atoms with van der Waals surface area (Å²) in [6, 6.07) is 8.14. The smallest absolute Gasteiger partial charge is 0.246 e. The van der Waals surface area contributed by atoms with Crippen LogP contribution in [0.5, 0.6) is 0 Å². The number of aryl methyl sites for hydroxylation is 1. The van der Waals surface area contributed by atoms with E-state index in [4.69, 9.17) is 11.6 Å². The number of fused-ring (bicyclic) bond motifs is 5. The van der Waals surface area contributed by atoms with E-state index in [0.717, 1.165) is 35.8 Å². The van der Waals surface area contributed by atoms with Gasteiger partial charge in [-0.05, 0) is 79.4 Å². The molecule has 7 atom stereocenters. The van der Waals surface area contributed by atoms with Gasteiger partial charge in [-0.2, -0.15) is 0 Å². The van der Waals surface area contributed by atoms with Crippen LogP contribution >= 0.6 is 11.6 Å². The summed E-state index contributed by atoms with van der Waals surface area (Å²) >= 11 is 6.32. The summed E-state index contributed by atoms with van der Waals surface area (Å²) in [6.45, 7) is 4.80. The molecule has 1 aromatic rings. The minimum Gasteiger partial charge on any atom is -0.353 e. The molecular formula is C28H37ClN2O2. The average molecular weight is 469 g/mol. The van der Waals surface area contributed by atoms with E-state index < -0.39 is 0 Å². The van der Waals surface area contributed by atoms with Crippen molar-refractivity contribution < 1.29 is 9.59 Å². The van der Waals surface area contributed by atoms with Crippen molar-refractivity contribution in [1.82, 2.24) is 10.2 Å². The predicted octanol–water partition coefficient (Wildman–Crippen LogP) is 5.40. The lowest BCUT2D eigenvalue weighted by Gasteiger charge is -2.62. The van der Waals surface area contributed by atoms with Crippen LogP contribution < -0.4 is 5.32 Å². The first-order valence-corrected chi connectivity index (χ1v) is 13.1. The zero-order valence-electron chi connectivity index (χ0n) is 20.1. The summed E-state index contributed by atoms with van der Waals surface area (Å²) in [5.41, 5.74) is 1.24. The first-order valence-electron chi connectivity index (χ1n) is 12.7. The fourth-order valence-corrected chi connectivity index (χ4v) is 8.54. The molecule has 2 unspecified atom stereocenters. The number of nitrogens with one attached hydrogen (secondary N) is 1. The Kier molecular flexibility index (Phi) is 5.87. The van der Waals surface area contributed by atoms with Crippen LogP contribution in [0.2, 0.25) is 5.02 Å². The normalized spacial score (nSPS) is 39.6. The summed E-state index contributed by atoms with van der Waals surface area (Å²) in [5.74, 6) is 1.93. The van der Waals surface area contributed by atoms with Crippen LogP contribution in [0, 0.1) is 28.6 Å². The zero-order chi connectivity index (χ0) is 23.4. The van der Waals surface area contributed by atoms with Crippen LogP contribution in [-0.2, 0) is 16.0 Å². The summed E-state index contributed by atoms with van der Waals surface area (Å²) in [7, 11) is 1.95. The van der Waals surface area contributed by atoms with Crippen LogP contribution in [-0.4, -0.2) is 35.8 Å². The molecule has 3 aliphatic carbocycles. The van der Waals surface area contributed by atoms with E-state index in [2.05, 4.69) is 25.2 Å². The molecule has 5 heteroatoms. The molecular weight excluding hydrogens is 432 g/mol. The molecule has 1 aliphatic heterocycles. The lowest BCUT2D eigenvalue weighted by molar-refractivity contribution is -0.143. The number of carbonyl (C=O) groups excluding carboxylic acids is 2. The molecule has 178 valence electrons. The molecule has 4 aliphatic rings. The van der Waals surface area contributed by atoms with Crippen LogP contribution in [0.15, 0.2) is 36.4 Å². The summed E-state index contributed by atoms with van der Waals surface area (Å²) in [5, 5.41) is 4.24. The largest absolute Gasteiger partial charge is 0.353 e. The second-order valence-corrected chi connectivity index (χ2v) is 12.0. The molecule has 33 heavy (non-hydrogen) atoms. The van der Waals surface area contributed by atoms with E-state index in [9.17, 15) is 9.59 Å². The second-order valence-electron chi connectivity index (χ2n) is 11.6. The van der Waals surface area contributed by atoms with Crippen molar-refractivity contribution in [1.29, 1.82) is 0 Å². The van der Waals surface area contributed by atoms with Crippen LogP contribution in [0.3, 0.4) is 0 Å². The van der Waals surface area contributed by atoms with Crippen molar-refractivity contribution >= 4 is 23.4 Å². The van der Waals surface area contributed by atoms with Gasteiger partial charge in [0.2, 0.25) is 11.8 Å². The second kappa shape index (κ2) is 8.45. The molecule has 5 rings (SSSR count). The Bertz CT molecular complexity index is 976. The first-order chi connectivity index (χ1) is 15.7. The lowest BCUT2D eigenvalue weighted by Crippen LogP contribution is -2.65. The number of benzene rings is 1. The molecule has 4 nitrogen and oxygen atoms in total. The number of likely N-dealkylation sites (N-methyl/N-ethyl adjacent to an activating group) is 1. The minimum atomic E-state index is -0.101. The van der Waals surface area contributed by atoms with Crippen LogP contribution in [0.1, 0.15) is 64.4 Å². The number of nitrogens with zero attached hydrogens (tertiary/aromatic N) is 1. The molecule has 0 aromatic heterocycles. The highest BCUT2D eigenvalue weighted by Gasteiger charge is 2.61. The van der Waals surface area contributed by atoms with Gasteiger partial charge in [-0.25, -0.2) is 0 Å². The third-order valence-corrected chi connectivity index (χ3v) is 10.2. The van der Waals surface area contributed by atoms with Gasteiger partial charge in [-0.1, -0.05) is 56.1 Å². The van der Waals surface area contributed by atoms with Gasteiger partial charge in [0.25, 0.3) is 0 Å². The summed E-state index contributed by atoms with van der Waals surface area (Å²) < 4.78 is 0. The summed E-state index contributed by atoms with van der Waals surface area (Å²) in [4.78, 5) is 27.6. The van der Waals surface area contributed by atoms with Crippen molar-refractivity contribution in [3.8, 4) is 0 Å². The highest BCUT2D eigenvalue weighted by Crippen LogP contribution is 2.63. The third kappa shape index (κ3) is 3.83. The van der Waals surface area contributed by atoms with Gasteiger partial charge in [0, 0.05) is 36.0 Å². The molecule has 2 amide bonds. The number of halogens is 1. The van der Waals surface area contributed by atoms with Gasteiger partial charge in [-0.15, -0.1) is 0 Å². The Balaban J connectivity index is 1.41. The molecule has 1 aromatic carbocycles. The molecule has 3 saturated carbocycles. The fourth-order valence-electron chi connectivity index (χ4n) is 8.31. The van der Waals surface area contributed by atoms with Crippen LogP contribution in [0.25, 0.3) is 0 Å². The van der Waals surface area contributed by atoms with E-state index in [1.165, 1.54) is 19.3 Å². The van der Waals surface area contributed by atoms with Gasteiger partial charge in [0.05, 0.1) is 0 Å². The van der Waals surface area contributed by atoms with Gasteiger partial charge >= 0.3 is 0 Å². The van der Waals surface area contributed by atoms with Crippen molar-refractivity contribution in [2.24, 2.45) is 28.6 Å². The zero-order valence-corrected chi connectivity index (χ0v) is 20.9. The van der Waals surface area contributed by atoms with Crippen molar-refractivity contribution in [2.45, 2.75) is 77.3 Å². The van der Waals surface area contributed by atoms with Crippen LogP contribution in [0.4, 0.5) is 0 Å². The lowest BCUT2D eigenvalue weighted by atomic mass is 9.47. The number of carbonyl (C=O) groups is 2. The summed E-state index contributed by atoms with van der Waals surface area (Å²) in [6.07, 6.45) is 12.2. The molecule has 0 spiro atoms. The van der Waals surface area contributed by atoms with Crippen molar-refractivity contribution in [3.63, 3.8) is 0 Å². The van der Waals surface area contributed by atoms with Gasteiger partial charge in [0.15, 0.2) is 0 Å². The number of rotatable bonds is 4. The third-order valence-electron chi connectivity index (χ3n) is 9.79. The molecule has 0 saturated heterocycles. The predicted molar refractivity (Wildman–Crippen MR) is 132 cm³/mol. The van der Waals surface area contributed by atoms with E-state index in [1.807, 2.05) is 36.2 Å².